The quantitative estimate of drug-likeness (QED) is 0.887. The van der Waals surface area contributed by atoms with Gasteiger partial charge >= 0.3 is 0 Å². The summed E-state index contributed by atoms with van der Waals surface area (Å²) in [6.07, 6.45) is 5.42. The van der Waals surface area contributed by atoms with Crippen molar-refractivity contribution in [2.45, 2.75) is 64.3 Å². The van der Waals surface area contributed by atoms with E-state index >= 15 is 0 Å². The Hall–Kier alpha value is -0.480. The number of thioether (sulfide) groups is 1. The molecule has 2 unspecified atom stereocenters. The van der Waals surface area contributed by atoms with E-state index in [0.717, 1.165) is 23.2 Å². The molecule has 0 aliphatic heterocycles. The zero-order valence-corrected chi connectivity index (χ0v) is 12.5. The number of nitrogens with zero attached hydrogens (tertiary/aromatic N) is 1. The summed E-state index contributed by atoms with van der Waals surface area (Å²) in [5, 5.41) is 8.52. The number of hydrogen-bond donors (Lipinski definition) is 1. The monoisotopic (exact) mass is 268 g/mol. The van der Waals surface area contributed by atoms with Crippen LogP contribution in [0, 0.1) is 13.8 Å². The van der Waals surface area contributed by atoms with Crippen LogP contribution in [0.2, 0.25) is 0 Å². The van der Waals surface area contributed by atoms with Crippen LogP contribution in [0.5, 0.6) is 0 Å². The summed E-state index contributed by atoms with van der Waals surface area (Å²) in [7, 11) is 0. The van der Waals surface area contributed by atoms with Gasteiger partial charge < -0.3 is 9.84 Å². The fourth-order valence-corrected chi connectivity index (χ4v) is 3.96. The van der Waals surface area contributed by atoms with E-state index in [-0.39, 0.29) is 0 Å². The molecule has 1 N–H and O–H groups in total. The van der Waals surface area contributed by atoms with E-state index in [1.165, 1.54) is 37.0 Å². The van der Waals surface area contributed by atoms with Crippen molar-refractivity contribution in [3.63, 3.8) is 0 Å². The highest BCUT2D eigenvalue weighted by molar-refractivity contribution is 7.99. The Balaban J connectivity index is 1.91. The molecule has 0 saturated heterocycles. The summed E-state index contributed by atoms with van der Waals surface area (Å²) in [5.41, 5.74) is 2.26. The zero-order chi connectivity index (χ0) is 13.0. The highest BCUT2D eigenvalue weighted by atomic mass is 32.2. The molecule has 2 atom stereocenters. The molecule has 1 aliphatic carbocycles. The molecule has 18 heavy (non-hydrogen) atoms. The van der Waals surface area contributed by atoms with E-state index in [4.69, 9.17) is 4.52 Å². The summed E-state index contributed by atoms with van der Waals surface area (Å²) < 4.78 is 5.21. The predicted molar refractivity (Wildman–Crippen MR) is 77.0 cm³/mol. The Morgan fingerprint density at radius 3 is 2.78 bits per heavy atom. The van der Waals surface area contributed by atoms with Crippen molar-refractivity contribution in [3.05, 3.63) is 17.0 Å². The molecule has 1 aromatic heterocycles. The molecule has 2 rings (SSSR count). The Kier molecular flexibility index (Phi) is 5.13. The summed E-state index contributed by atoms with van der Waals surface area (Å²) in [6, 6.07) is 0.650. The van der Waals surface area contributed by atoms with E-state index in [9.17, 15) is 0 Å². The zero-order valence-electron chi connectivity index (χ0n) is 11.7. The molecule has 0 radical (unpaired) electrons. The summed E-state index contributed by atoms with van der Waals surface area (Å²) in [4.78, 5) is 0. The van der Waals surface area contributed by atoms with Crippen LogP contribution in [0.1, 0.15) is 49.6 Å². The van der Waals surface area contributed by atoms with Crippen molar-refractivity contribution < 1.29 is 4.52 Å². The Morgan fingerprint density at radius 2 is 2.11 bits per heavy atom. The summed E-state index contributed by atoms with van der Waals surface area (Å²) >= 11 is 2.10. The van der Waals surface area contributed by atoms with Gasteiger partial charge in [0.15, 0.2) is 0 Å². The van der Waals surface area contributed by atoms with Crippen LogP contribution in [0.3, 0.4) is 0 Å². The second-order valence-corrected chi connectivity index (χ2v) is 6.58. The van der Waals surface area contributed by atoms with Gasteiger partial charge in [-0.1, -0.05) is 24.9 Å². The van der Waals surface area contributed by atoms with Crippen molar-refractivity contribution in [3.8, 4) is 0 Å². The Morgan fingerprint density at radius 1 is 1.33 bits per heavy atom. The maximum atomic E-state index is 5.21. The van der Waals surface area contributed by atoms with Gasteiger partial charge in [-0.05, 0) is 32.4 Å². The molecule has 1 fully saturated rings. The number of nitrogens with one attached hydrogen (secondary N) is 1. The second kappa shape index (κ2) is 6.62. The van der Waals surface area contributed by atoms with E-state index in [0.29, 0.717) is 6.04 Å². The summed E-state index contributed by atoms with van der Waals surface area (Å²) in [5.74, 6) is 2.17. The van der Waals surface area contributed by atoms with Gasteiger partial charge in [-0.25, -0.2) is 0 Å². The lowest BCUT2D eigenvalue weighted by molar-refractivity contribution is 0.377. The van der Waals surface area contributed by atoms with Crippen molar-refractivity contribution >= 4 is 11.8 Å². The van der Waals surface area contributed by atoms with Crippen LogP contribution in [0.15, 0.2) is 4.52 Å². The Labute approximate surface area is 114 Å². The molecule has 0 amide bonds. The van der Waals surface area contributed by atoms with Gasteiger partial charge in [0, 0.05) is 23.4 Å². The van der Waals surface area contributed by atoms with E-state index in [1.807, 2.05) is 13.8 Å². The topological polar surface area (TPSA) is 38.1 Å². The standard InChI is InChI=1S/C14H24N2OS/c1-4-18-14-8-6-5-7-13(14)15-9-12-10(2)16-17-11(12)3/h13-15H,4-9H2,1-3H3. The van der Waals surface area contributed by atoms with Gasteiger partial charge in [0.25, 0.3) is 0 Å². The molecular weight excluding hydrogens is 244 g/mol. The third-order valence-corrected chi connectivity index (χ3v) is 5.13. The lowest BCUT2D eigenvalue weighted by Gasteiger charge is -2.31. The van der Waals surface area contributed by atoms with Gasteiger partial charge in [0.1, 0.15) is 5.76 Å². The lowest BCUT2D eigenvalue weighted by Crippen LogP contribution is -2.40. The molecule has 102 valence electrons. The van der Waals surface area contributed by atoms with E-state index in [1.54, 1.807) is 0 Å². The molecule has 3 nitrogen and oxygen atoms in total. The van der Waals surface area contributed by atoms with E-state index < -0.39 is 0 Å². The van der Waals surface area contributed by atoms with Crippen molar-refractivity contribution in [1.82, 2.24) is 10.5 Å². The minimum absolute atomic E-state index is 0.650. The first-order chi connectivity index (χ1) is 8.72. The molecule has 1 aliphatic rings. The molecule has 4 heteroatoms. The van der Waals surface area contributed by atoms with Crippen LogP contribution in [-0.2, 0) is 6.54 Å². The molecular formula is C14H24N2OS. The number of hydrogen-bond acceptors (Lipinski definition) is 4. The van der Waals surface area contributed by atoms with Gasteiger partial charge in [0.2, 0.25) is 0 Å². The fourth-order valence-electron chi connectivity index (χ4n) is 2.73. The fraction of sp³-hybridized carbons (Fsp3) is 0.786. The average molecular weight is 268 g/mol. The lowest BCUT2D eigenvalue weighted by atomic mass is 9.94. The highest BCUT2D eigenvalue weighted by Gasteiger charge is 2.25. The number of aryl methyl sites for hydroxylation is 2. The third kappa shape index (κ3) is 3.29. The largest absolute Gasteiger partial charge is 0.361 e. The smallest absolute Gasteiger partial charge is 0.138 e. The van der Waals surface area contributed by atoms with Crippen molar-refractivity contribution in [2.24, 2.45) is 0 Å². The number of aromatic nitrogens is 1. The van der Waals surface area contributed by atoms with Crippen LogP contribution in [0.4, 0.5) is 0 Å². The summed E-state index contributed by atoms with van der Waals surface area (Å²) in [6.45, 7) is 7.17. The van der Waals surface area contributed by atoms with Crippen LogP contribution in [0.25, 0.3) is 0 Å². The van der Waals surface area contributed by atoms with Crippen molar-refractivity contribution in [1.29, 1.82) is 0 Å². The van der Waals surface area contributed by atoms with Gasteiger partial charge in [-0.2, -0.15) is 11.8 Å². The first kappa shape index (κ1) is 13.9. The maximum absolute atomic E-state index is 5.21. The third-order valence-electron chi connectivity index (χ3n) is 3.81. The molecule has 1 saturated carbocycles. The van der Waals surface area contributed by atoms with Crippen molar-refractivity contribution in [2.75, 3.05) is 5.75 Å². The normalized spacial score (nSPS) is 24.4. The minimum Gasteiger partial charge on any atom is -0.361 e. The second-order valence-electron chi connectivity index (χ2n) is 5.07. The SMILES string of the molecule is CCSC1CCCCC1NCc1c(C)noc1C. The Bertz CT molecular complexity index is 356. The average Bonchev–Trinajstić information content (AvgIpc) is 2.69. The number of rotatable bonds is 5. The first-order valence-corrected chi connectivity index (χ1v) is 8.04. The van der Waals surface area contributed by atoms with Gasteiger partial charge in [0.05, 0.1) is 5.69 Å². The van der Waals surface area contributed by atoms with E-state index in [2.05, 4.69) is 29.2 Å². The van der Waals surface area contributed by atoms with Gasteiger partial charge in [-0.15, -0.1) is 0 Å². The highest BCUT2D eigenvalue weighted by Crippen LogP contribution is 2.29. The molecule has 0 aromatic carbocycles. The molecule has 1 aromatic rings. The van der Waals surface area contributed by atoms with Crippen LogP contribution >= 0.6 is 11.8 Å². The van der Waals surface area contributed by atoms with Gasteiger partial charge in [-0.3, -0.25) is 0 Å². The van der Waals surface area contributed by atoms with Crippen LogP contribution in [-0.4, -0.2) is 22.2 Å². The molecule has 1 heterocycles. The first-order valence-electron chi connectivity index (χ1n) is 6.99. The predicted octanol–water partition coefficient (Wildman–Crippen LogP) is 3.45. The van der Waals surface area contributed by atoms with Crippen LogP contribution < -0.4 is 5.32 Å². The minimum atomic E-state index is 0.650. The maximum Gasteiger partial charge on any atom is 0.138 e. The molecule has 0 spiro atoms. The molecule has 0 bridgehead atoms.